The van der Waals surface area contributed by atoms with Crippen LogP contribution in [0.2, 0.25) is 0 Å². The van der Waals surface area contributed by atoms with Gasteiger partial charge in [-0.1, -0.05) is 6.07 Å². The number of hydrogen-bond donors (Lipinski definition) is 2. The number of hydrogen-bond acceptors (Lipinski definition) is 7. The topological polar surface area (TPSA) is 103 Å². The number of hydroxylamine groups is 1. The highest BCUT2D eigenvalue weighted by molar-refractivity contribution is 5.87. The molecule has 0 spiro atoms. The number of carbonyl (C=O) groups is 1. The third-order valence-corrected chi connectivity index (χ3v) is 5.33. The summed E-state index contributed by atoms with van der Waals surface area (Å²) in [5.41, 5.74) is 1.50. The predicted molar refractivity (Wildman–Crippen MR) is 104 cm³/mol. The highest BCUT2D eigenvalue weighted by Crippen LogP contribution is 2.38. The SMILES string of the molecule is COc1ccc2c(Oc3ccc(C4(C(=O)NO)CCOCC4)cc3F)ccnc2n1. The van der Waals surface area contributed by atoms with Crippen molar-refractivity contribution in [2.45, 2.75) is 18.3 Å². The van der Waals surface area contributed by atoms with E-state index in [0.29, 0.717) is 54.3 Å². The van der Waals surface area contributed by atoms with Crippen molar-refractivity contribution in [3.8, 4) is 17.4 Å². The highest BCUT2D eigenvalue weighted by atomic mass is 19.1. The van der Waals surface area contributed by atoms with Crippen LogP contribution in [-0.4, -0.2) is 41.4 Å². The highest BCUT2D eigenvalue weighted by Gasteiger charge is 2.42. The van der Waals surface area contributed by atoms with E-state index in [1.165, 1.54) is 25.4 Å². The maximum Gasteiger partial charge on any atom is 0.254 e. The Morgan fingerprint density at radius 1 is 1.20 bits per heavy atom. The van der Waals surface area contributed by atoms with Gasteiger partial charge in [-0.2, -0.15) is 4.98 Å². The molecule has 0 aliphatic carbocycles. The molecule has 0 unspecified atom stereocenters. The van der Waals surface area contributed by atoms with Crippen LogP contribution < -0.4 is 15.0 Å². The standard InChI is InChI=1S/C21H20FN3O5/c1-28-18-5-3-14-16(6-9-23-19(14)24-18)30-17-4-2-13(12-15(17)22)21(20(26)25-27)7-10-29-11-8-21/h2-6,9,12,27H,7-8,10-11H2,1H3,(H,25,26). The molecule has 3 aromatic rings. The van der Waals surface area contributed by atoms with Crippen LogP contribution in [0, 0.1) is 5.82 Å². The van der Waals surface area contributed by atoms with Crippen molar-refractivity contribution in [3.05, 3.63) is 54.0 Å². The normalized spacial score (nSPS) is 15.6. The molecule has 0 atom stereocenters. The first kappa shape index (κ1) is 20.0. The van der Waals surface area contributed by atoms with Crippen LogP contribution in [0.15, 0.2) is 42.6 Å². The number of rotatable bonds is 5. The molecular weight excluding hydrogens is 393 g/mol. The molecule has 4 rings (SSSR count). The zero-order valence-electron chi connectivity index (χ0n) is 16.2. The van der Waals surface area contributed by atoms with E-state index in [1.807, 2.05) is 0 Å². The molecule has 8 nitrogen and oxygen atoms in total. The van der Waals surface area contributed by atoms with Crippen molar-refractivity contribution < 1.29 is 28.6 Å². The van der Waals surface area contributed by atoms with Gasteiger partial charge in [-0.25, -0.2) is 14.9 Å². The monoisotopic (exact) mass is 413 g/mol. The summed E-state index contributed by atoms with van der Waals surface area (Å²) < 4.78 is 31.2. The summed E-state index contributed by atoms with van der Waals surface area (Å²) in [7, 11) is 1.51. The second kappa shape index (κ2) is 8.21. The molecule has 3 heterocycles. The minimum atomic E-state index is -1.06. The summed E-state index contributed by atoms with van der Waals surface area (Å²) in [5, 5.41) is 9.79. The van der Waals surface area contributed by atoms with Crippen molar-refractivity contribution >= 4 is 16.9 Å². The Balaban J connectivity index is 1.67. The van der Waals surface area contributed by atoms with Crippen molar-refractivity contribution in [2.75, 3.05) is 20.3 Å². The lowest BCUT2D eigenvalue weighted by Gasteiger charge is -2.35. The summed E-state index contributed by atoms with van der Waals surface area (Å²) in [5.74, 6) is -0.425. The summed E-state index contributed by atoms with van der Waals surface area (Å²) in [6.07, 6.45) is 2.18. The van der Waals surface area contributed by atoms with E-state index < -0.39 is 17.1 Å². The molecule has 1 aliphatic rings. The van der Waals surface area contributed by atoms with E-state index in [4.69, 9.17) is 14.2 Å². The Bertz CT molecular complexity index is 1090. The van der Waals surface area contributed by atoms with E-state index in [9.17, 15) is 14.4 Å². The van der Waals surface area contributed by atoms with E-state index in [0.717, 1.165) is 0 Å². The average molecular weight is 413 g/mol. The van der Waals surface area contributed by atoms with Gasteiger partial charge in [-0.3, -0.25) is 10.0 Å². The van der Waals surface area contributed by atoms with Crippen LogP contribution >= 0.6 is 0 Å². The van der Waals surface area contributed by atoms with Gasteiger partial charge in [-0.05, 0) is 42.7 Å². The minimum absolute atomic E-state index is 0.00585. The van der Waals surface area contributed by atoms with Crippen molar-refractivity contribution in [1.29, 1.82) is 0 Å². The first-order chi connectivity index (χ1) is 14.6. The fourth-order valence-corrected chi connectivity index (χ4v) is 3.66. The molecule has 0 saturated carbocycles. The Morgan fingerprint density at radius 2 is 2.00 bits per heavy atom. The first-order valence-electron chi connectivity index (χ1n) is 9.37. The molecule has 30 heavy (non-hydrogen) atoms. The van der Waals surface area contributed by atoms with Crippen LogP contribution in [0.5, 0.6) is 17.4 Å². The van der Waals surface area contributed by atoms with Crippen molar-refractivity contribution in [2.24, 2.45) is 0 Å². The third kappa shape index (κ3) is 3.53. The molecule has 2 aromatic heterocycles. The Labute approximate surface area is 171 Å². The number of benzene rings is 1. The van der Waals surface area contributed by atoms with Gasteiger partial charge in [0, 0.05) is 25.5 Å². The van der Waals surface area contributed by atoms with E-state index in [-0.39, 0.29) is 5.75 Å². The first-order valence-corrected chi connectivity index (χ1v) is 9.37. The Kier molecular flexibility index (Phi) is 5.47. The lowest BCUT2D eigenvalue weighted by atomic mass is 9.73. The number of methoxy groups -OCH3 is 1. The maximum atomic E-state index is 14.9. The number of pyridine rings is 2. The molecule has 1 fully saturated rings. The van der Waals surface area contributed by atoms with Crippen LogP contribution in [-0.2, 0) is 14.9 Å². The molecular formula is C21H20FN3O5. The number of carbonyl (C=O) groups excluding carboxylic acids is 1. The summed E-state index contributed by atoms with van der Waals surface area (Å²) in [6, 6.07) is 9.38. The number of halogens is 1. The van der Waals surface area contributed by atoms with Gasteiger partial charge in [0.05, 0.1) is 17.9 Å². The number of aromatic nitrogens is 2. The molecule has 1 aliphatic heterocycles. The molecule has 1 amide bonds. The third-order valence-electron chi connectivity index (χ3n) is 5.33. The number of ether oxygens (including phenoxy) is 3. The summed E-state index contributed by atoms with van der Waals surface area (Å²) in [4.78, 5) is 20.8. The van der Waals surface area contributed by atoms with Gasteiger partial charge in [-0.15, -0.1) is 0 Å². The van der Waals surface area contributed by atoms with Gasteiger partial charge >= 0.3 is 0 Å². The quantitative estimate of drug-likeness (QED) is 0.489. The molecule has 0 radical (unpaired) electrons. The van der Waals surface area contributed by atoms with Gasteiger partial charge in [0.25, 0.3) is 5.91 Å². The van der Waals surface area contributed by atoms with Crippen LogP contribution in [0.25, 0.3) is 11.0 Å². The van der Waals surface area contributed by atoms with Crippen LogP contribution in [0.1, 0.15) is 18.4 Å². The Morgan fingerprint density at radius 3 is 2.70 bits per heavy atom. The molecule has 0 bridgehead atoms. The predicted octanol–water partition coefficient (Wildman–Crippen LogP) is 3.12. The van der Waals surface area contributed by atoms with Crippen molar-refractivity contribution in [3.63, 3.8) is 0 Å². The fraction of sp³-hybridized carbons (Fsp3) is 0.286. The summed E-state index contributed by atoms with van der Waals surface area (Å²) in [6.45, 7) is 0.680. The van der Waals surface area contributed by atoms with Crippen molar-refractivity contribution in [1.82, 2.24) is 15.4 Å². The van der Waals surface area contributed by atoms with Gasteiger partial charge in [0.15, 0.2) is 17.2 Å². The van der Waals surface area contributed by atoms with Crippen LogP contribution in [0.4, 0.5) is 4.39 Å². The second-order valence-corrected chi connectivity index (χ2v) is 6.92. The van der Waals surface area contributed by atoms with Gasteiger partial charge in [0.2, 0.25) is 5.88 Å². The zero-order valence-corrected chi connectivity index (χ0v) is 16.2. The second-order valence-electron chi connectivity index (χ2n) is 6.92. The fourth-order valence-electron chi connectivity index (χ4n) is 3.66. The molecule has 156 valence electrons. The number of nitrogens with zero attached hydrogens (tertiary/aromatic N) is 2. The largest absolute Gasteiger partial charge is 0.481 e. The van der Waals surface area contributed by atoms with E-state index >= 15 is 0 Å². The number of amides is 1. The molecule has 1 saturated heterocycles. The smallest absolute Gasteiger partial charge is 0.254 e. The maximum absolute atomic E-state index is 14.9. The zero-order chi connectivity index (χ0) is 21.1. The molecule has 9 heteroatoms. The van der Waals surface area contributed by atoms with Gasteiger partial charge < -0.3 is 14.2 Å². The number of nitrogens with one attached hydrogen (secondary N) is 1. The molecule has 1 aromatic carbocycles. The Hall–Kier alpha value is -3.30. The van der Waals surface area contributed by atoms with Gasteiger partial charge in [0.1, 0.15) is 5.75 Å². The average Bonchev–Trinajstić information content (AvgIpc) is 2.80. The summed E-state index contributed by atoms with van der Waals surface area (Å²) >= 11 is 0. The minimum Gasteiger partial charge on any atom is -0.481 e. The molecule has 2 N–H and O–H groups in total. The number of fused-ring (bicyclic) bond motifs is 1. The van der Waals surface area contributed by atoms with Crippen LogP contribution in [0.3, 0.4) is 0 Å². The van der Waals surface area contributed by atoms with E-state index in [2.05, 4.69) is 9.97 Å². The van der Waals surface area contributed by atoms with E-state index in [1.54, 1.807) is 29.7 Å². The lowest BCUT2D eigenvalue weighted by Crippen LogP contribution is -2.47. The lowest BCUT2D eigenvalue weighted by molar-refractivity contribution is -0.139.